The van der Waals surface area contributed by atoms with Crippen molar-refractivity contribution in [3.63, 3.8) is 0 Å². The van der Waals surface area contributed by atoms with Crippen molar-refractivity contribution in [2.45, 2.75) is 6.61 Å². The van der Waals surface area contributed by atoms with Gasteiger partial charge in [-0.25, -0.2) is 4.68 Å². The molecule has 1 N–H and O–H groups in total. The second-order valence-corrected chi connectivity index (χ2v) is 3.81. The molecule has 3 aromatic heterocycles. The first kappa shape index (κ1) is 12.2. The number of nitrogens with one attached hydrogen (secondary N) is 1. The third-order valence-corrected chi connectivity index (χ3v) is 2.46. The van der Waals surface area contributed by atoms with E-state index in [1.807, 2.05) is 6.07 Å². The zero-order chi connectivity index (χ0) is 13.8. The molecule has 3 rings (SSSR count). The van der Waals surface area contributed by atoms with Gasteiger partial charge in [0.2, 0.25) is 5.95 Å². The Bertz CT molecular complexity index is 665. The second-order valence-electron chi connectivity index (χ2n) is 3.81. The summed E-state index contributed by atoms with van der Waals surface area (Å²) in [6, 6.07) is 5.59. The Balaban J connectivity index is 1.84. The minimum absolute atomic E-state index is 0.200. The van der Waals surface area contributed by atoms with Gasteiger partial charge in [-0.1, -0.05) is 0 Å². The summed E-state index contributed by atoms with van der Waals surface area (Å²) in [5.74, 6) is 1.47. The Morgan fingerprint density at radius 3 is 2.95 bits per heavy atom. The number of hydrogen-bond acceptors (Lipinski definition) is 7. The van der Waals surface area contributed by atoms with E-state index in [1.165, 1.54) is 4.68 Å². The van der Waals surface area contributed by atoms with Crippen LogP contribution in [0.2, 0.25) is 0 Å². The van der Waals surface area contributed by atoms with Crippen molar-refractivity contribution in [2.24, 2.45) is 0 Å². The monoisotopic (exact) mass is 272 g/mol. The highest BCUT2D eigenvalue weighted by Crippen LogP contribution is 2.12. The fourth-order valence-electron chi connectivity index (χ4n) is 1.54. The average Bonchev–Trinajstić information content (AvgIpc) is 3.17. The number of anilines is 1. The summed E-state index contributed by atoms with van der Waals surface area (Å²) >= 11 is 0. The standard InChI is InChI=1S/C12H12N6O2/c1-13-10-15-11(18-6-3-5-14-18)17-12(16-10)20-8-9-4-2-7-19-9/h2-7H,8H2,1H3,(H,13,15,16,17). The maximum absolute atomic E-state index is 5.49. The molecule has 102 valence electrons. The normalized spacial score (nSPS) is 10.4. The molecule has 3 heterocycles. The summed E-state index contributed by atoms with van der Waals surface area (Å²) in [6.45, 7) is 0.249. The number of rotatable bonds is 5. The van der Waals surface area contributed by atoms with E-state index < -0.39 is 0 Å². The van der Waals surface area contributed by atoms with Gasteiger partial charge < -0.3 is 14.5 Å². The lowest BCUT2D eigenvalue weighted by molar-refractivity contribution is 0.249. The molecule has 0 spiro atoms. The van der Waals surface area contributed by atoms with E-state index in [-0.39, 0.29) is 12.6 Å². The Morgan fingerprint density at radius 2 is 2.25 bits per heavy atom. The van der Waals surface area contributed by atoms with Gasteiger partial charge in [0, 0.05) is 19.4 Å². The molecule has 0 bridgehead atoms. The van der Waals surface area contributed by atoms with Crippen molar-refractivity contribution in [1.29, 1.82) is 0 Å². The average molecular weight is 272 g/mol. The molecule has 3 aromatic rings. The van der Waals surface area contributed by atoms with E-state index in [0.717, 1.165) is 0 Å². The van der Waals surface area contributed by atoms with Gasteiger partial charge >= 0.3 is 6.01 Å². The van der Waals surface area contributed by atoms with Crippen LogP contribution in [0.5, 0.6) is 6.01 Å². The summed E-state index contributed by atoms with van der Waals surface area (Å²) < 4.78 is 12.2. The number of furan rings is 1. The summed E-state index contributed by atoms with van der Waals surface area (Å²) in [5, 5.41) is 6.93. The third-order valence-electron chi connectivity index (χ3n) is 2.46. The summed E-state index contributed by atoms with van der Waals surface area (Å²) in [6.07, 6.45) is 4.97. The molecule has 0 saturated carbocycles. The van der Waals surface area contributed by atoms with Crippen molar-refractivity contribution in [3.05, 3.63) is 42.6 Å². The molecule has 20 heavy (non-hydrogen) atoms. The van der Waals surface area contributed by atoms with Gasteiger partial charge in [0.25, 0.3) is 5.95 Å². The summed E-state index contributed by atoms with van der Waals surface area (Å²) in [5.41, 5.74) is 0. The van der Waals surface area contributed by atoms with E-state index >= 15 is 0 Å². The fraction of sp³-hybridized carbons (Fsp3) is 0.167. The SMILES string of the molecule is CNc1nc(OCc2ccco2)nc(-n2cccn2)n1. The quantitative estimate of drug-likeness (QED) is 0.747. The number of nitrogens with zero attached hydrogens (tertiary/aromatic N) is 5. The highest BCUT2D eigenvalue weighted by atomic mass is 16.5. The van der Waals surface area contributed by atoms with Crippen LogP contribution in [-0.4, -0.2) is 31.8 Å². The van der Waals surface area contributed by atoms with Gasteiger partial charge in [-0.2, -0.15) is 20.1 Å². The minimum atomic E-state index is 0.200. The number of aromatic nitrogens is 5. The first-order chi connectivity index (χ1) is 9.85. The molecule has 8 heteroatoms. The van der Waals surface area contributed by atoms with Crippen LogP contribution in [0.1, 0.15) is 5.76 Å². The molecule has 0 aliphatic heterocycles. The second kappa shape index (κ2) is 5.39. The Morgan fingerprint density at radius 1 is 1.30 bits per heavy atom. The van der Waals surface area contributed by atoms with E-state index in [1.54, 1.807) is 37.8 Å². The fourth-order valence-corrected chi connectivity index (χ4v) is 1.54. The predicted octanol–water partition coefficient (Wildman–Crippen LogP) is 1.27. The summed E-state index contributed by atoms with van der Waals surface area (Å²) in [7, 11) is 1.72. The molecule has 0 radical (unpaired) electrons. The molecule has 0 unspecified atom stereocenters. The molecular formula is C12H12N6O2. The predicted molar refractivity (Wildman–Crippen MR) is 69.5 cm³/mol. The minimum Gasteiger partial charge on any atom is -0.466 e. The Labute approximate surface area is 114 Å². The van der Waals surface area contributed by atoms with Crippen LogP contribution in [0.15, 0.2) is 41.3 Å². The van der Waals surface area contributed by atoms with Crippen LogP contribution in [0.25, 0.3) is 5.95 Å². The van der Waals surface area contributed by atoms with E-state index in [9.17, 15) is 0 Å². The van der Waals surface area contributed by atoms with Crippen molar-refractivity contribution < 1.29 is 9.15 Å². The van der Waals surface area contributed by atoms with Crippen LogP contribution in [0.4, 0.5) is 5.95 Å². The zero-order valence-corrected chi connectivity index (χ0v) is 10.7. The van der Waals surface area contributed by atoms with Crippen LogP contribution in [-0.2, 0) is 6.61 Å². The lowest BCUT2D eigenvalue weighted by Gasteiger charge is -2.06. The van der Waals surface area contributed by atoms with Gasteiger partial charge in [-0.05, 0) is 18.2 Å². The maximum Gasteiger partial charge on any atom is 0.323 e. The molecule has 0 saturated heterocycles. The van der Waals surface area contributed by atoms with Gasteiger partial charge in [-0.3, -0.25) is 0 Å². The van der Waals surface area contributed by atoms with Gasteiger partial charge in [0.1, 0.15) is 12.4 Å². The third kappa shape index (κ3) is 2.58. The van der Waals surface area contributed by atoms with Crippen molar-refractivity contribution in [1.82, 2.24) is 24.7 Å². The molecule has 0 aliphatic rings. The van der Waals surface area contributed by atoms with Gasteiger partial charge in [0.05, 0.1) is 6.26 Å². The van der Waals surface area contributed by atoms with Crippen molar-refractivity contribution >= 4 is 5.95 Å². The highest BCUT2D eigenvalue weighted by molar-refractivity contribution is 5.29. The first-order valence-corrected chi connectivity index (χ1v) is 5.94. The summed E-state index contributed by atoms with van der Waals surface area (Å²) in [4.78, 5) is 12.5. The van der Waals surface area contributed by atoms with Crippen molar-refractivity contribution in [3.8, 4) is 12.0 Å². The van der Waals surface area contributed by atoms with Gasteiger partial charge in [-0.15, -0.1) is 0 Å². The zero-order valence-electron chi connectivity index (χ0n) is 10.7. The molecule has 0 atom stereocenters. The van der Waals surface area contributed by atoms with Crippen LogP contribution in [0, 0.1) is 0 Å². The maximum atomic E-state index is 5.49. The Kier molecular flexibility index (Phi) is 3.27. The Hall–Kier alpha value is -2.90. The van der Waals surface area contributed by atoms with E-state index in [0.29, 0.717) is 17.7 Å². The van der Waals surface area contributed by atoms with E-state index in [4.69, 9.17) is 9.15 Å². The molecule has 0 amide bonds. The largest absolute Gasteiger partial charge is 0.466 e. The van der Waals surface area contributed by atoms with Crippen LogP contribution < -0.4 is 10.1 Å². The molecule has 0 fully saturated rings. The molecule has 0 aliphatic carbocycles. The molecular weight excluding hydrogens is 260 g/mol. The van der Waals surface area contributed by atoms with Crippen LogP contribution >= 0.6 is 0 Å². The van der Waals surface area contributed by atoms with Gasteiger partial charge in [0.15, 0.2) is 0 Å². The topological polar surface area (TPSA) is 90.9 Å². The lowest BCUT2D eigenvalue weighted by Crippen LogP contribution is -2.09. The van der Waals surface area contributed by atoms with E-state index in [2.05, 4.69) is 25.4 Å². The van der Waals surface area contributed by atoms with Crippen LogP contribution in [0.3, 0.4) is 0 Å². The van der Waals surface area contributed by atoms with Crippen molar-refractivity contribution in [2.75, 3.05) is 12.4 Å². The number of hydrogen-bond donors (Lipinski definition) is 1. The lowest BCUT2D eigenvalue weighted by atomic mass is 10.5. The molecule has 8 nitrogen and oxygen atoms in total. The first-order valence-electron chi connectivity index (χ1n) is 5.94. The molecule has 0 aromatic carbocycles. The highest BCUT2D eigenvalue weighted by Gasteiger charge is 2.09. The number of ether oxygens (including phenoxy) is 1. The smallest absolute Gasteiger partial charge is 0.323 e.